The molecule has 1 aliphatic carbocycles. The molecule has 6 heteroatoms. The minimum Gasteiger partial charge on any atom is -0.382 e. The van der Waals surface area contributed by atoms with Gasteiger partial charge in [-0.25, -0.2) is 9.37 Å². The van der Waals surface area contributed by atoms with Gasteiger partial charge in [0.1, 0.15) is 11.4 Å². The molecule has 0 saturated heterocycles. The molecule has 2 aliphatic rings. The van der Waals surface area contributed by atoms with Gasteiger partial charge in [-0.15, -0.1) is 0 Å². The van der Waals surface area contributed by atoms with E-state index in [2.05, 4.69) is 9.97 Å². The van der Waals surface area contributed by atoms with Crippen LogP contribution in [0.3, 0.4) is 0 Å². The number of carbonyl (C=O) groups is 1. The highest BCUT2D eigenvalue weighted by Gasteiger charge is 2.42. The van der Waals surface area contributed by atoms with Gasteiger partial charge >= 0.3 is 0 Å². The number of hydrogen-bond donors (Lipinski definition) is 1. The molecule has 3 aromatic rings. The van der Waals surface area contributed by atoms with Crippen molar-refractivity contribution in [2.24, 2.45) is 0 Å². The molecular formula is C23H22FN3O2. The van der Waals surface area contributed by atoms with Crippen LogP contribution in [0.5, 0.6) is 0 Å². The Morgan fingerprint density at radius 1 is 1.17 bits per heavy atom. The van der Waals surface area contributed by atoms with Crippen LogP contribution in [-0.2, 0) is 4.79 Å². The second-order valence-electron chi connectivity index (χ2n) is 8.12. The highest BCUT2D eigenvalue weighted by atomic mass is 19.1. The number of aromatic nitrogens is 3. The number of carbonyl (C=O) groups excluding carboxylic acids is 1. The zero-order chi connectivity index (χ0) is 20.0. The summed E-state index contributed by atoms with van der Waals surface area (Å²) in [5.74, 6) is -0.209. The maximum Gasteiger partial charge on any atom is 0.166 e. The lowest BCUT2D eigenvalue weighted by molar-refractivity contribution is -0.141. The van der Waals surface area contributed by atoms with Crippen LogP contribution in [-0.4, -0.2) is 31.0 Å². The van der Waals surface area contributed by atoms with Crippen LogP contribution < -0.4 is 0 Å². The van der Waals surface area contributed by atoms with E-state index in [0.29, 0.717) is 24.3 Å². The fraction of sp³-hybridized carbons (Fsp3) is 0.348. The third kappa shape index (κ3) is 2.99. The van der Waals surface area contributed by atoms with Crippen LogP contribution in [0.4, 0.5) is 4.39 Å². The Labute approximate surface area is 168 Å². The van der Waals surface area contributed by atoms with Gasteiger partial charge in [-0.2, -0.15) is 0 Å². The molecule has 1 aromatic carbocycles. The summed E-state index contributed by atoms with van der Waals surface area (Å²) in [6.45, 7) is 0. The van der Waals surface area contributed by atoms with Crippen LogP contribution in [0.25, 0.3) is 11.3 Å². The summed E-state index contributed by atoms with van der Waals surface area (Å²) in [7, 11) is 0. The molecule has 1 unspecified atom stereocenters. The van der Waals surface area contributed by atoms with Gasteiger partial charge in [0.2, 0.25) is 0 Å². The van der Waals surface area contributed by atoms with E-state index in [1.165, 1.54) is 11.6 Å². The van der Waals surface area contributed by atoms with Gasteiger partial charge in [-0.05, 0) is 55.4 Å². The average Bonchev–Trinajstić information content (AvgIpc) is 3.32. The molecular weight excluding hydrogens is 369 g/mol. The fourth-order valence-corrected chi connectivity index (χ4v) is 4.91. The molecule has 0 bridgehead atoms. The molecule has 1 atom stereocenters. The quantitative estimate of drug-likeness (QED) is 0.729. The summed E-state index contributed by atoms with van der Waals surface area (Å²) in [6, 6.07) is 8.48. The van der Waals surface area contributed by atoms with E-state index in [0.717, 1.165) is 24.1 Å². The molecule has 2 aromatic heterocycles. The van der Waals surface area contributed by atoms with E-state index >= 15 is 0 Å². The minimum absolute atomic E-state index is 0.0632. The molecule has 3 heterocycles. The van der Waals surface area contributed by atoms with Crippen molar-refractivity contribution in [2.45, 2.75) is 49.7 Å². The van der Waals surface area contributed by atoms with Gasteiger partial charge in [0.15, 0.2) is 5.78 Å². The normalized spacial score (nSPS) is 25.4. The number of pyridine rings is 1. The molecule has 5 nitrogen and oxygen atoms in total. The van der Waals surface area contributed by atoms with Crippen LogP contribution in [0.15, 0.2) is 55.2 Å². The standard InChI is InChI=1S/C23H22FN3O2/c24-18-3-1-2-17-20-13-26-14-27(20)19(22(17)18)12-21(28)23(29)8-4-15(5-9-23)16-6-10-25-11-7-16/h1-3,6-7,10-11,13-15,19,29H,4-5,8-9,12H2. The predicted molar refractivity (Wildman–Crippen MR) is 106 cm³/mol. The number of aliphatic hydroxyl groups is 1. The summed E-state index contributed by atoms with van der Waals surface area (Å²) < 4.78 is 16.4. The van der Waals surface area contributed by atoms with E-state index in [9.17, 15) is 14.3 Å². The van der Waals surface area contributed by atoms with E-state index in [4.69, 9.17) is 0 Å². The molecule has 1 aliphatic heterocycles. The van der Waals surface area contributed by atoms with Crippen molar-refractivity contribution in [1.82, 2.24) is 14.5 Å². The summed E-state index contributed by atoms with van der Waals surface area (Å²) >= 11 is 0. The lowest BCUT2D eigenvalue weighted by Gasteiger charge is -2.35. The summed E-state index contributed by atoms with van der Waals surface area (Å²) in [5, 5.41) is 11.1. The van der Waals surface area contributed by atoms with Crippen molar-refractivity contribution in [3.05, 3.63) is 72.2 Å². The largest absolute Gasteiger partial charge is 0.382 e. The van der Waals surface area contributed by atoms with Crippen molar-refractivity contribution in [3.63, 3.8) is 0 Å². The summed E-state index contributed by atoms with van der Waals surface area (Å²) in [6.07, 6.45) is 9.28. The number of benzene rings is 1. The number of Topliss-reactive ketones (excluding diaryl/α,β-unsaturated/α-hetero) is 1. The zero-order valence-electron chi connectivity index (χ0n) is 16.0. The monoisotopic (exact) mass is 391 g/mol. The van der Waals surface area contributed by atoms with E-state index in [1.807, 2.05) is 22.8 Å². The smallest absolute Gasteiger partial charge is 0.166 e. The van der Waals surface area contributed by atoms with Crippen molar-refractivity contribution >= 4 is 5.78 Å². The topological polar surface area (TPSA) is 68.0 Å². The Balaban J connectivity index is 1.35. The SMILES string of the molecule is O=C(CC1c2c(F)cccc2-c2cncn21)C1(O)CCC(c2ccncc2)CC1. The highest BCUT2D eigenvalue weighted by Crippen LogP contribution is 2.45. The zero-order valence-corrected chi connectivity index (χ0v) is 16.0. The first-order valence-electron chi connectivity index (χ1n) is 10.0. The van der Waals surface area contributed by atoms with Crippen LogP contribution >= 0.6 is 0 Å². The highest BCUT2D eigenvalue weighted by molar-refractivity contribution is 5.88. The summed E-state index contributed by atoms with van der Waals surface area (Å²) in [4.78, 5) is 21.4. The molecule has 0 spiro atoms. The lowest BCUT2D eigenvalue weighted by Crippen LogP contribution is -2.42. The Morgan fingerprint density at radius 2 is 1.93 bits per heavy atom. The third-order valence-electron chi connectivity index (χ3n) is 6.55. The van der Waals surface area contributed by atoms with Gasteiger partial charge in [-0.3, -0.25) is 9.78 Å². The first kappa shape index (κ1) is 18.2. The first-order chi connectivity index (χ1) is 14.1. The molecule has 0 amide bonds. The van der Waals surface area contributed by atoms with E-state index in [1.54, 1.807) is 31.0 Å². The second-order valence-corrected chi connectivity index (χ2v) is 8.12. The van der Waals surface area contributed by atoms with Gasteiger partial charge in [0, 0.05) is 29.9 Å². The second kappa shape index (κ2) is 6.88. The van der Waals surface area contributed by atoms with Crippen molar-refractivity contribution in [3.8, 4) is 11.3 Å². The molecule has 29 heavy (non-hydrogen) atoms. The fourth-order valence-electron chi connectivity index (χ4n) is 4.91. The van der Waals surface area contributed by atoms with Crippen LogP contribution in [0, 0.1) is 5.82 Å². The Hall–Kier alpha value is -2.86. The molecule has 1 N–H and O–H groups in total. The maximum atomic E-state index is 14.6. The Kier molecular flexibility index (Phi) is 4.32. The lowest BCUT2D eigenvalue weighted by atomic mass is 9.73. The van der Waals surface area contributed by atoms with Gasteiger partial charge in [0.25, 0.3) is 0 Å². The van der Waals surface area contributed by atoms with E-state index < -0.39 is 11.6 Å². The number of halogens is 1. The third-order valence-corrected chi connectivity index (χ3v) is 6.55. The molecule has 5 rings (SSSR count). The van der Waals surface area contributed by atoms with Crippen molar-refractivity contribution in [1.29, 1.82) is 0 Å². The van der Waals surface area contributed by atoms with Crippen LogP contribution in [0.2, 0.25) is 0 Å². The summed E-state index contributed by atoms with van der Waals surface area (Å²) in [5.41, 5.74) is 1.95. The number of imidazole rings is 1. The first-order valence-corrected chi connectivity index (χ1v) is 10.0. The van der Waals surface area contributed by atoms with Gasteiger partial charge < -0.3 is 9.67 Å². The Bertz CT molecular complexity index is 1050. The number of ketones is 1. The number of nitrogens with zero attached hydrogens (tertiary/aromatic N) is 3. The van der Waals surface area contributed by atoms with Gasteiger partial charge in [0.05, 0.1) is 24.3 Å². The average molecular weight is 391 g/mol. The van der Waals surface area contributed by atoms with Crippen LogP contribution in [0.1, 0.15) is 55.2 Å². The van der Waals surface area contributed by atoms with E-state index in [-0.39, 0.29) is 18.0 Å². The molecule has 1 fully saturated rings. The molecule has 1 saturated carbocycles. The molecule has 0 radical (unpaired) electrons. The van der Waals surface area contributed by atoms with Crippen molar-refractivity contribution < 1.29 is 14.3 Å². The minimum atomic E-state index is -1.35. The molecule has 148 valence electrons. The number of rotatable bonds is 4. The maximum absolute atomic E-state index is 14.6. The van der Waals surface area contributed by atoms with Gasteiger partial charge in [-0.1, -0.05) is 12.1 Å². The number of fused-ring (bicyclic) bond motifs is 3. The Morgan fingerprint density at radius 3 is 2.69 bits per heavy atom. The predicted octanol–water partition coefficient (Wildman–Crippen LogP) is 4.04. The van der Waals surface area contributed by atoms with Crippen molar-refractivity contribution in [2.75, 3.05) is 0 Å². The number of hydrogen-bond acceptors (Lipinski definition) is 4.